The highest BCUT2D eigenvalue weighted by atomic mass is 16.5. The first kappa shape index (κ1) is 23.1. The van der Waals surface area contributed by atoms with Gasteiger partial charge in [0.1, 0.15) is 11.8 Å². The predicted octanol–water partition coefficient (Wildman–Crippen LogP) is 3.03. The maximum absolute atomic E-state index is 13.0. The third-order valence-corrected chi connectivity index (χ3v) is 6.62. The summed E-state index contributed by atoms with van der Waals surface area (Å²) in [5, 5.41) is 6.10. The van der Waals surface area contributed by atoms with Crippen molar-refractivity contribution < 1.29 is 19.1 Å². The quantitative estimate of drug-likeness (QED) is 0.665. The van der Waals surface area contributed by atoms with Crippen molar-refractivity contribution in [3.8, 4) is 5.75 Å². The molecular weight excluding hydrogens is 394 g/mol. The van der Waals surface area contributed by atoms with Gasteiger partial charge in [-0.2, -0.15) is 0 Å². The molecule has 1 aromatic rings. The standard InChI is InChI=1S/C24H35N3O4/c1-4-16(2)22(24(30)25-18-8-6-5-7-9-18)26-23(29)17-14-21(28)27(15-17)19-10-12-20(31-3)13-11-19/h10-13,16-18,22H,4-9,14-15H2,1-3H3,(H,25,30)(H,26,29)/t16-,17-,22+/m1/s1. The molecule has 7 heteroatoms. The molecule has 0 bridgehead atoms. The minimum Gasteiger partial charge on any atom is -0.497 e. The van der Waals surface area contributed by atoms with Gasteiger partial charge in [0.2, 0.25) is 17.7 Å². The van der Waals surface area contributed by atoms with Crippen molar-refractivity contribution in [2.45, 2.75) is 70.9 Å². The number of nitrogens with zero attached hydrogens (tertiary/aromatic N) is 1. The van der Waals surface area contributed by atoms with Crippen molar-refractivity contribution in [2.24, 2.45) is 11.8 Å². The van der Waals surface area contributed by atoms with E-state index in [2.05, 4.69) is 10.6 Å². The first-order chi connectivity index (χ1) is 14.9. The van der Waals surface area contributed by atoms with Gasteiger partial charge in [0.25, 0.3) is 0 Å². The number of carbonyl (C=O) groups excluding carboxylic acids is 3. The fourth-order valence-corrected chi connectivity index (χ4v) is 4.41. The van der Waals surface area contributed by atoms with Gasteiger partial charge in [0.15, 0.2) is 0 Å². The van der Waals surface area contributed by atoms with E-state index in [1.54, 1.807) is 24.1 Å². The third-order valence-electron chi connectivity index (χ3n) is 6.62. The molecule has 2 N–H and O–H groups in total. The fourth-order valence-electron chi connectivity index (χ4n) is 4.41. The largest absolute Gasteiger partial charge is 0.497 e. The minimum atomic E-state index is -0.579. The summed E-state index contributed by atoms with van der Waals surface area (Å²) >= 11 is 0. The van der Waals surface area contributed by atoms with Gasteiger partial charge < -0.3 is 20.3 Å². The summed E-state index contributed by atoms with van der Waals surface area (Å²) in [5.74, 6) is -0.160. The summed E-state index contributed by atoms with van der Waals surface area (Å²) in [4.78, 5) is 40.1. The molecule has 1 saturated carbocycles. The average molecular weight is 430 g/mol. The van der Waals surface area contributed by atoms with Crippen molar-refractivity contribution in [2.75, 3.05) is 18.6 Å². The Bertz CT molecular complexity index is 774. The lowest BCUT2D eigenvalue weighted by Crippen LogP contribution is -2.54. The molecule has 1 aliphatic heterocycles. The van der Waals surface area contributed by atoms with Crippen LogP contribution in [0.3, 0.4) is 0 Å². The van der Waals surface area contributed by atoms with Crippen molar-refractivity contribution in [3.05, 3.63) is 24.3 Å². The molecule has 1 heterocycles. The van der Waals surface area contributed by atoms with Gasteiger partial charge >= 0.3 is 0 Å². The summed E-state index contributed by atoms with van der Waals surface area (Å²) in [7, 11) is 1.59. The third kappa shape index (κ3) is 5.77. The van der Waals surface area contributed by atoms with Crippen molar-refractivity contribution in [3.63, 3.8) is 0 Å². The summed E-state index contributed by atoms with van der Waals surface area (Å²) in [6.45, 7) is 4.31. The Labute approximate surface area is 184 Å². The predicted molar refractivity (Wildman–Crippen MR) is 120 cm³/mol. The Kier molecular flexibility index (Phi) is 7.93. The molecule has 0 unspecified atom stereocenters. The van der Waals surface area contributed by atoms with E-state index in [0.29, 0.717) is 12.3 Å². The highest BCUT2D eigenvalue weighted by Gasteiger charge is 2.37. The summed E-state index contributed by atoms with van der Waals surface area (Å²) in [6.07, 6.45) is 6.42. The molecule has 3 amide bonds. The van der Waals surface area contributed by atoms with Crippen molar-refractivity contribution >= 4 is 23.4 Å². The SMILES string of the molecule is CC[C@@H](C)[C@H](NC(=O)[C@@H]1CC(=O)N(c2ccc(OC)cc2)C1)C(=O)NC1CCCCC1. The number of hydrogen-bond acceptors (Lipinski definition) is 4. The Morgan fingerprint density at radius 3 is 2.45 bits per heavy atom. The molecule has 3 atom stereocenters. The van der Waals surface area contributed by atoms with E-state index < -0.39 is 12.0 Å². The number of carbonyl (C=O) groups is 3. The number of amides is 3. The van der Waals surface area contributed by atoms with E-state index >= 15 is 0 Å². The molecule has 0 aromatic heterocycles. The number of hydrogen-bond donors (Lipinski definition) is 2. The fraction of sp³-hybridized carbons (Fsp3) is 0.625. The van der Waals surface area contributed by atoms with Gasteiger partial charge in [-0.15, -0.1) is 0 Å². The Morgan fingerprint density at radius 2 is 1.84 bits per heavy atom. The van der Waals surface area contributed by atoms with Gasteiger partial charge in [0, 0.05) is 24.7 Å². The summed E-state index contributed by atoms with van der Waals surface area (Å²) in [6, 6.07) is 6.84. The molecule has 2 aliphatic rings. The van der Waals surface area contributed by atoms with Crippen molar-refractivity contribution in [1.82, 2.24) is 10.6 Å². The Morgan fingerprint density at radius 1 is 1.16 bits per heavy atom. The Balaban J connectivity index is 1.62. The molecule has 1 aromatic carbocycles. The number of rotatable bonds is 8. The first-order valence-electron chi connectivity index (χ1n) is 11.5. The van der Waals surface area contributed by atoms with Crippen molar-refractivity contribution in [1.29, 1.82) is 0 Å². The average Bonchev–Trinajstić information content (AvgIpc) is 3.19. The smallest absolute Gasteiger partial charge is 0.243 e. The van der Waals surface area contributed by atoms with Crippen LogP contribution in [0.1, 0.15) is 58.8 Å². The van der Waals surface area contributed by atoms with Gasteiger partial charge in [-0.1, -0.05) is 39.5 Å². The number of ether oxygens (including phenoxy) is 1. The lowest BCUT2D eigenvalue weighted by Gasteiger charge is -2.29. The van der Waals surface area contributed by atoms with Crippen LogP contribution in [0.2, 0.25) is 0 Å². The molecule has 31 heavy (non-hydrogen) atoms. The molecule has 3 rings (SSSR count). The van der Waals surface area contributed by atoms with E-state index in [1.807, 2.05) is 26.0 Å². The monoisotopic (exact) mass is 429 g/mol. The van der Waals surface area contributed by atoms with E-state index in [-0.39, 0.29) is 36.1 Å². The van der Waals surface area contributed by atoms with E-state index in [1.165, 1.54) is 6.42 Å². The van der Waals surface area contributed by atoms with Crippen LogP contribution in [0.5, 0.6) is 5.75 Å². The zero-order chi connectivity index (χ0) is 22.4. The molecule has 0 radical (unpaired) electrons. The van der Waals surface area contributed by atoms with Crippen LogP contribution < -0.4 is 20.3 Å². The van der Waals surface area contributed by atoms with Crippen LogP contribution in [0.4, 0.5) is 5.69 Å². The normalized spacial score (nSPS) is 21.5. The second-order valence-corrected chi connectivity index (χ2v) is 8.82. The lowest BCUT2D eigenvalue weighted by atomic mass is 9.93. The summed E-state index contributed by atoms with van der Waals surface area (Å²) < 4.78 is 5.17. The van der Waals surface area contributed by atoms with E-state index in [4.69, 9.17) is 4.74 Å². The van der Waals surface area contributed by atoms with Crippen LogP contribution >= 0.6 is 0 Å². The first-order valence-corrected chi connectivity index (χ1v) is 11.5. The maximum atomic E-state index is 13.0. The number of nitrogens with one attached hydrogen (secondary N) is 2. The van der Waals surface area contributed by atoms with Gasteiger partial charge in [-0.3, -0.25) is 14.4 Å². The molecule has 1 aliphatic carbocycles. The second kappa shape index (κ2) is 10.6. The number of benzene rings is 1. The highest BCUT2D eigenvalue weighted by Crippen LogP contribution is 2.27. The lowest BCUT2D eigenvalue weighted by molar-refractivity contribution is -0.132. The number of anilines is 1. The zero-order valence-electron chi connectivity index (χ0n) is 18.9. The maximum Gasteiger partial charge on any atom is 0.243 e. The minimum absolute atomic E-state index is 0.0161. The van der Waals surface area contributed by atoms with Crippen LogP contribution in [-0.2, 0) is 14.4 Å². The van der Waals surface area contributed by atoms with Gasteiger partial charge in [-0.25, -0.2) is 0 Å². The summed E-state index contributed by atoms with van der Waals surface area (Å²) in [5.41, 5.74) is 0.745. The molecule has 170 valence electrons. The zero-order valence-corrected chi connectivity index (χ0v) is 18.9. The Hall–Kier alpha value is -2.57. The molecule has 0 spiro atoms. The molecule has 2 fully saturated rings. The molecule has 1 saturated heterocycles. The van der Waals surface area contributed by atoms with Crippen LogP contribution in [-0.4, -0.2) is 43.5 Å². The van der Waals surface area contributed by atoms with E-state index in [0.717, 1.165) is 37.8 Å². The van der Waals surface area contributed by atoms with Crippen LogP contribution in [0.25, 0.3) is 0 Å². The molecule has 7 nitrogen and oxygen atoms in total. The van der Waals surface area contributed by atoms with Gasteiger partial charge in [-0.05, 0) is 43.0 Å². The second-order valence-electron chi connectivity index (χ2n) is 8.82. The van der Waals surface area contributed by atoms with Crippen LogP contribution in [0.15, 0.2) is 24.3 Å². The highest BCUT2D eigenvalue weighted by molar-refractivity contribution is 6.01. The van der Waals surface area contributed by atoms with E-state index in [9.17, 15) is 14.4 Å². The molecular formula is C24H35N3O4. The van der Waals surface area contributed by atoms with Gasteiger partial charge in [0.05, 0.1) is 13.0 Å². The number of methoxy groups -OCH3 is 1. The van der Waals surface area contributed by atoms with Crippen LogP contribution in [0, 0.1) is 11.8 Å². The topological polar surface area (TPSA) is 87.7 Å².